The zero-order valence-electron chi connectivity index (χ0n) is 14.4. The Morgan fingerprint density at radius 2 is 2.08 bits per heavy atom. The number of carbonyl (C=O) groups excluding carboxylic acids is 1. The number of likely N-dealkylation sites (N-methyl/N-ethyl adjacent to an activating group) is 1. The lowest BCUT2D eigenvalue weighted by Crippen LogP contribution is -2.11. The number of carbonyl (C=O) groups is 1. The predicted molar refractivity (Wildman–Crippen MR) is 96.6 cm³/mol. The van der Waals surface area contributed by atoms with E-state index >= 15 is 0 Å². The molecule has 0 bridgehead atoms. The summed E-state index contributed by atoms with van der Waals surface area (Å²) >= 11 is 0. The molecule has 0 fully saturated rings. The topological polar surface area (TPSA) is 56.8 Å². The van der Waals surface area contributed by atoms with E-state index in [1.54, 1.807) is 31.4 Å². The Labute approximate surface area is 147 Å². The van der Waals surface area contributed by atoms with Crippen molar-refractivity contribution in [1.82, 2.24) is 5.32 Å². The number of benzene rings is 2. The van der Waals surface area contributed by atoms with Gasteiger partial charge in [-0.15, -0.1) is 0 Å². The second-order valence-corrected chi connectivity index (χ2v) is 5.63. The molecule has 0 aromatic heterocycles. The summed E-state index contributed by atoms with van der Waals surface area (Å²) in [5, 5.41) is 3.14. The van der Waals surface area contributed by atoms with E-state index in [1.165, 1.54) is 0 Å². The van der Waals surface area contributed by atoms with Crippen molar-refractivity contribution in [3.63, 3.8) is 0 Å². The van der Waals surface area contributed by atoms with Gasteiger partial charge in [-0.05, 0) is 43.8 Å². The standard InChI is InChI=1S/C20H21NO4/c1-21-11-10-15-12-18-20(25-13-24-18)19(23-2)16(15)8-9-17(22)14-6-4-3-5-7-14/h3-9,12,21H,10-11,13H2,1-2H3/b9-8+. The van der Waals surface area contributed by atoms with Crippen molar-refractivity contribution in [1.29, 1.82) is 0 Å². The first kappa shape index (κ1) is 17.0. The van der Waals surface area contributed by atoms with Crippen molar-refractivity contribution in [2.24, 2.45) is 0 Å². The number of ketones is 1. The van der Waals surface area contributed by atoms with E-state index < -0.39 is 0 Å². The molecule has 0 unspecified atom stereocenters. The summed E-state index contributed by atoms with van der Waals surface area (Å²) in [6.07, 6.45) is 4.14. The minimum atomic E-state index is -0.0557. The Balaban J connectivity index is 1.98. The molecule has 0 atom stereocenters. The van der Waals surface area contributed by atoms with Crippen LogP contribution in [-0.4, -0.2) is 33.3 Å². The van der Waals surface area contributed by atoms with Crippen LogP contribution in [0, 0.1) is 0 Å². The van der Waals surface area contributed by atoms with Crippen molar-refractivity contribution in [2.75, 3.05) is 27.5 Å². The molecule has 25 heavy (non-hydrogen) atoms. The van der Waals surface area contributed by atoms with Gasteiger partial charge in [0.1, 0.15) is 0 Å². The fourth-order valence-corrected chi connectivity index (χ4v) is 2.79. The fourth-order valence-electron chi connectivity index (χ4n) is 2.79. The molecule has 3 rings (SSSR count). The molecule has 0 aliphatic carbocycles. The number of fused-ring (bicyclic) bond motifs is 1. The summed E-state index contributed by atoms with van der Waals surface area (Å²) in [6, 6.07) is 11.1. The summed E-state index contributed by atoms with van der Waals surface area (Å²) in [6.45, 7) is 0.976. The van der Waals surface area contributed by atoms with Crippen molar-refractivity contribution >= 4 is 11.9 Å². The minimum absolute atomic E-state index is 0.0557. The molecule has 0 saturated heterocycles. The first-order chi connectivity index (χ1) is 12.2. The Hall–Kier alpha value is -2.79. The van der Waals surface area contributed by atoms with Gasteiger partial charge in [0.25, 0.3) is 0 Å². The monoisotopic (exact) mass is 339 g/mol. The van der Waals surface area contributed by atoms with E-state index in [0.29, 0.717) is 22.8 Å². The lowest BCUT2D eigenvalue weighted by Gasteiger charge is -2.14. The minimum Gasteiger partial charge on any atom is -0.492 e. The molecule has 130 valence electrons. The van der Waals surface area contributed by atoms with Crippen molar-refractivity contribution in [3.05, 3.63) is 59.2 Å². The zero-order valence-corrected chi connectivity index (χ0v) is 14.4. The van der Waals surface area contributed by atoms with Gasteiger partial charge < -0.3 is 19.5 Å². The third kappa shape index (κ3) is 3.67. The molecular formula is C20H21NO4. The van der Waals surface area contributed by atoms with Gasteiger partial charge in [-0.3, -0.25) is 4.79 Å². The van der Waals surface area contributed by atoms with Crippen molar-refractivity contribution in [2.45, 2.75) is 6.42 Å². The summed E-state index contributed by atoms with van der Waals surface area (Å²) in [4.78, 5) is 12.4. The van der Waals surface area contributed by atoms with Gasteiger partial charge in [0.15, 0.2) is 17.3 Å². The molecule has 5 nitrogen and oxygen atoms in total. The van der Waals surface area contributed by atoms with Crippen LogP contribution in [0.25, 0.3) is 6.08 Å². The van der Waals surface area contributed by atoms with Crippen LogP contribution in [0.4, 0.5) is 0 Å². The number of rotatable bonds is 7. The molecule has 5 heteroatoms. The fraction of sp³-hybridized carbons (Fsp3) is 0.250. The average molecular weight is 339 g/mol. The average Bonchev–Trinajstić information content (AvgIpc) is 3.12. The van der Waals surface area contributed by atoms with E-state index in [-0.39, 0.29) is 12.6 Å². The zero-order chi connectivity index (χ0) is 17.6. The van der Waals surface area contributed by atoms with E-state index in [4.69, 9.17) is 14.2 Å². The third-order valence-corrected chi connectivity index (χ3v) is 4.05. The van der Waals surface area contributed by atoms with Crippen LogP contribution in [-0.2, 0) is 6.42 Å². The highest BCUT2D eigenvalue weighted by molar-refractivity contribution is 6.07. The van der Waals surface area contributed by atoms with Crippen LogP contribution < -0.4 is 19.5 Å². The maximum atomic E-state index is 12.4. The third-order valence-electron chi connectivity index (χ3n) is 4.05. The van der Waals surface area contributed by atoms with Crippen LogP contribution in [0.3, 0.4) is 0 Å². The first-order valence-electron chi connectivity index (χ1n) is 8.16. The number of allylic oxidation sites excluding steroid dienone is 1. The number of methoxy groups -OCH3 is 1. The lowest BCUT2D eigenvalue weighted by molar-refractivity contribution is 0.104. The molecule has 1 aliphatic rings. The smallest absolute Gasteiger partial charge is 0.231 e. The van der Waals surface area contributed by atoms with Gasteiger partial charge >= 0.3 is 0 Å². The molecule has 0 radical (unpaired) electrons. The highest BCUT2D eigenvalue weighted by Gasteiger charge is 2.24. The van der Waals surface area contributed by atoms with Gasteiger partial charge in [-0.1, -0.05) is 30.3 Å². The number of ether oxygens (including phenoxy) is 3. The molecule has 2 aromatic rings. The Bertz CT molecular complexity index is 784. The summed E-state index contributed by atoms with van der Waals surface area (Å²) in [5.41, 5.74) is 2.52. The molecular weight excluding hydrogens is 318 g/mol. The second kappa shape index (κ2) is 7.85. The van der Waals surface area contributed by atoms with Gasteiger partial charge in [0.2, 0.25) is 12.5 Å². The number of nitrogens with one attached hydrogen (secondary N) is 1. The van der Waals surface area contributed by atoms with Crippen molar-refractivity contribution in [3.8, 4) is 17.2 Å². The molecule has 0 amide bonds. The molecule has 1 aliphatic heterocycles. The van der Waals surface area contributed by atoms with E-state index in [1.807, 2.05) is 31.3 Å². The Morgan fingerprint density at radius 3 is 2.80 bits per heavy atom. The largest absolute Gasteiger partial charge is 0.492 e. The predicted octanol–water partition coefficient (Wildman–Crippen LogP) is 3.08. The molecule has 2 aromatic carbocycles. The normalized spacial score (nSPS) is 12.6. The molecule has 0 spiro atoms. The van der Waals surface area contributed by atoms with Gasteiger partial charge in [0.05, 0.1) is 7.11 Å². The highest BCUT2D eigenvalue weighted by atomic mass is 16.7. The van der Waals surface area contributed by atoms with E-state index in [0.717, 1.165) is 24.1 Å². The molecule has 1 heterocycles. The Morgan fingerprint density at radius 1 is 1.28 bits per heavy atom. The first-order valence-corrected chi connectivity index (χ1v) is 8.16. The summed E-state index contributed by atoms with van der Waals surface area (Å²) < 4.78 is 16.6. The molecule has 1 N–H and O–H groups in total. The number of hydrogen-bond acceptors (Lipinski definition) is 5. The quantitative estimate of drug-likeness (QED) is 0.620. The van der Waals surface area contributed by atoms with Crippen LogP contribution in [0.15, 0.2) is 42.5 Å². The van der Waals surface area contributed by atoms with Crippen LogP contribution in [0.5, 0.6) is 17.2 Å². The maximum absolute atomic E-state index is 12.4. The summed E-state index contributed by atoms with van der Waals surface area (Å²) in [7, 11) is 3.49. The Kier molecular flexibility index (Phi) is 5.36. The molecule has 0 saturated carbocycles. The van der Waals surface area contributed by atoms with Gasteiger partial charge in [0, 0.05) is 11.1 Å². The van der Waals surface area contributed by atoms with Gasteiger partial charge in [-0.2, -0.15) is 0 Å². The number of hydrogen-bond donors (Lipinski definition) is 1. The van der Waals surface area contributed by atoms with Crippen LogP contribution in [0.2, 0.25) is 0 Å². The van der Waals surface area contributed by atoms with Gasteiger partial charge in [-0.25, -0.2) is 0 Å². The lowest BCUT2D eigenvalue weighted by atomic mass is 10.00. The van der Waals surface area contributed by atoms with Crippen LogP contribution in [0.1, 0.15) is 21.5 Å². The highest BCUT2D eigenvalue weighted by Crippen LogP contribution is 2.45. The van der Waals surface area contributed by atoms with E-state index in [2.05, 4.69) is 5.32 Å². The van der Waals surface area contributed by atoms with E-state index in [9.17, 15) is 4.79 Å². The second-order valence-electron chi connectivity index (χ2n) is 5.63. The SMILES string of the molecule is CNCCc1cc2c(c(OC)c1/C=C/C(=O)c1ccccc1)OCO2. The summed E-state index contributed by atoms with van der Waals surface area (Å²) in [5.74, 6) is 1.80. The maximum Gasteiger partial charge on any atom is 0.231 e. The van der Waals surface area contributed by atoms with Crippen molar-refractivity contribution < 1.29 is 19.0 Å². The van der Waals surface area contributed by atoms with Crippen LogP contribution >= 0.6 is 0 Å².